The average Bonchev–Trinajstić information content (AvgIpc) is 3.35. The Bertz CT molecular complexity index is 1270. The molecule has 4 rings (SSSR count). The summed E-state index contributed by atoms with van der Waals surface area (Å²) in [6.45, 7) is 4.26. The van der Waals surface area contributed by atoms with E-state index in [1.54, 1.807) is 6.07 Å². The zero-order chi connectivity index (χ0) is 23.8. The smallest absolute Gasteiger partial charge is 0.316 e. The standard InChI is InChI=1S/C25H26N6O3/c1-2-30(20-12-7-4-8-13-20)17-9-16-26-24(33)25-27-22(29-34-25)18-31-23(32)15-14-21(28-31)19-10-5-3-6-11-19/h3-8,10-15H,2,9,16-18H2,1H3,(H,26,33). The molecule has 0 bridgehead atoms. The Morgan fingerprint density at radius 1 is 1.03 bits per heavy atom. The lowest BCUT2D eigenvalue weighted by Crippen LogP contribution is -2.30. The molecule has 0 radical (unpaired) electrons. The number of aromatic nitrogens is 4. The third kappa shape index (κ3) is 5.74. The highest BCUT2D eigenvalue weighted by Crippen LogP contribution is 2.14. The van der Waals surface area contributed by atoms with Crippen LogP contribution in [0.15, 0.2) is 82.1 Å². The van der Waals surface area contributed by atoms with Crippen LogP contribution in [0.4, 0.5) is 5.69 Å². The SMILES string of the molecule is CCN(CCCNC(=O)c1nc(Cn2nc(-c3ccccc3)ccc2=O)no1)c1ccccc1. The topological polar surface area (TPSA) is 106 Å². The van der Waals surface area contributed by atoms with E-state index < -0.39 is 5.91 Å². The second-order valence-electron chi connectivity index (χ2n) is 7.62. The normalized spacial score (nSPS) is 10.7. The van der Waals surface area contributed by atoms with E-state index in [0.29, 0.717) is 12.2 Å². The summed E-state index contributed by atoms with van der Waals surface area (Å²) in [7, 11) is 0. The Hall–Kier alpha value is -4.27. The summed E-state index contributed by atoms with van der Waals surface area (Å²) in [6.07, 6.45) is 0.765. The Morgan fingerprint density at radius 2 is 1.76 bits per heavy atom. The van der Waals surface area contributed by atoms with Gasteiger partial charge in [0.25, 0.3) is 5.56 Å². The van der Waals surface area contributed by atoms with E-state index in [0.717, 1.165) is 30.8 Å². The van der Waals surface area contributed by atoms with Gasteiger partial charge in [-0.2, -0.15) is 10.1 Å². The molecule has 4 aromatic rings. The highest BCUT2D eigenvalue weighted by Gasteiger charge is 2.16. The van der Waals surface area contributed by atoms with E-state index in [1.165, 1.54) is 10.7 Å². The molecule has 9 nitrogen and oxygen atoms in total. The number of carbonyl (C=O) groups is 1. The minimum Gasteiger partial charge on any atom is -0.372 e. The van der Waals surface area contributed by atoms with Crippen molar-refractivity contribution in [1.82, 2.24) is 25.2 Å². The molecule has 2 aromatic heterocycles. The predicted octanol–water partition coefficient (Wildman–Crippen LogP) is 2.99. The van der Waals surface area contributed by atoms with Crippen molar-refractivity contribution in [3.63, 3.8) is 0 Å². The van der Waals surface area contributed by atoms with Gasteiger partial charge in [-0.05, 0) is 31.5 Å². The summed E-state index contributed by atoms with van der Waals surface area (Å²) < 4.78 is 6.34. The fourth-order valence-electron chi connectivity index (χ4n) is 3.53. The average molecular weight is 459 g/mol. The molecule has 0 atom stereocenters. The van der Waals surface area contributed by atoms with Crippen LogP contribution in [0.25, 0.3) is 11.3 Å². The first-order valence-corrected chi connectivity index (χ1v) is 11.2. The quantitative estimate of drug-likeness (QED) is 0.364. The maximum atomic E-state index is 12.4. The third-order valence-electron chi connectivity index (χ3n) is 5.28. The minimum absolute atomic E-state index is 0.00117. The van der Waals surface area contributed by atoms with Crippen molar-refractivity contribution in [3.05, 3.63) is 94.9 Å². The fraction of sp³-hybridized carbons (Fsp3) is 0.240. The molecule has 0 aliphatic heterocycles. The molecule has 0 fully saturated rings. The molecule has 9 heteroatoms. The van der Waals surface area contributed by atoms with Crippen LogP contribution in [0.3, 0.4) is 0 Å². The van der Waals surface area contributed by atoms with Crippen LogP contribution in [0.2, 0.25) is 0 Å². The Labute approximate surface area is 197 Å². The van der Waals surface area contributed by atoms with Gasteiger partial charge in [0, 0.05) is 37.0 Å². The molecule has 2 heterocycles. The lowest BCUT2D eigenvalue weighted by molar-refractivity contribution is 0.0909. The van der Waals surface area contributed by atoms with Crippen molar-refractivity contribution < 1.29 is 9.32 Å². The number of amides is 1. The second kappa shape index (κ2) is 11.0. The van der Waals surface area contributed by atoms with Crippen LogP contribution in [-0.4, -0.2) is 45.5 Å². The summed E-state index contributed by atoms with van der Waals surface area (Å²) in [6, 6.07) is 22.8. The monoisotopic (exact) mass is 458 g/mol. The van der Waals surface area contributed by atoms with Gasteiger partial charge in [-0.1, -0.05) is 53.7 Å². The van der Waals surface area contributed by atoms with Crippen molar-refractivity contribution in [3.8, 4) is 11.3 Å². The third-order valence-corrected chi connectivity index (χ3v) is 5.28. The van der Waals surface area contributed by atoms with E-state index >= 15 is 0 Å². The lowest BCUT2D eigenvalue weighted by atomic mass is 10.1. The Balaban J connectivity index is 1.32. The summed E-state index contributed by atoms with van der Waals surface area (Å²) in [5.41, 5.74) is 2.39. The minimum atomic E-state index is -0.445. The number of carbonyl (C=O) groups excluding carboxylic acids is 1. The maximum absolute atomic E-state index is 12.4. The lowest BCUT2D eigenvalue weighted by Gasteiger charge is -2.22. The van der Waals surface area contributed by atoms with Crippen molar-refractivity contribution >= 4 is 11.6 Å². The molecule has 0 saturated carbocycles. The summed E-state index contributed by atoms with van der Waals surface area (Å²) >= 11 is 0. The van der Waals surface area contributed by atoms with Crippen LogP contribution in [0, 0.1) is 0 Å². The highest BCUT2D eigenvalue weighted by atomic mass is 16.5. The number of anilines is 1. The van der Waals surface area contributed by atoms with Gasteiger partial charge in [0.2, 0.25) is 0 Å². The first-order chi connectivity index (χ1) is 16.6. The van der Waals surface area contributed by atoms with E-state index in [2.05, 4.69) is 44.5 Å². The van der Waals surface area contributed by atoms with Crippen molar-refractivity contribution in [2.24, 2.45) is 0 Å². The zero-order valence-electron chi connectivity index (χ0n) is 18.9. The Morgan fingerprint density at radius 3 is 2.50 bits per heavy atom. The first kappa shape index (κ1) is 22.9. The highest BCUT2D eigenvalue weighted by molar-refractivity contribution is 5.89. The van der Waals surface area contributed by atoms with Crippen molar-refractivity contribution in [1.29, 1.82) is 0 Å². The molecule has 2 aromatic carbocycles. The molecule has 1 amide bonds. The van der Waals surface area contributed by atoms with Gasteiger partial charge in [0.15, 0.2) is 5.82 Å². The van der Waals surface area contributed by atoms with Crippen LogP contribution in [0.5, 0.6) is 0 Å². The molecular weight excluding hydrogens is 432 g/mol. The van der Waals surface area contributed by atoms with Crippen LogP contribution in [-0.2, 0) is 6.54 Å². The first-order valence-electron chi connectivity index (χ1n) is 11.2. The van der Waals surface area contributed by atoms with Crippen molar-refractivity contribution in [2.45, 2.75) is 19.9 Å². The molecule has 1 N–H and O–H groups in total. The number of para-hydroxylation sites is 1. The van der Waals surface area contributed by atoms with Crippen LogP contribution < -0.4 is 15.8 Å². The summed E-state index contributed by atoms with van der Waals surface area (Å²) in [5, 5.41) is 11.0. The maximum Gasteiger partial charge on any atom is 0.316 e. The molecule has 0 unspecified atom stereocenters. The van der Waals surface area contributed by atoms with Gasteiger partial charge < -0.3 is 14.7 Å². The largest absolute Gasteiger partial charge is 0.372 e. The molecule has 34 heavy (non-hydrogen) atoms. The molecule has 0 aliphatic rings. The number of hydrogen-bond acceptors (Lipinski definition) is 7. The fourth-order valence-corrected chi connectivity index (χ4v) is 3.53. The molecule has 0 aliphatic carbocycles. The van der Waals surface area contributed by atoms with Gasteiger partial charge in [0.05, 0.1) is 5.69 Å². The molecule has 174 valence electrons. The zero-order valence-corrected chi connectivity index (χ0v) is 18.9. The van der Waals surface area contributed by atoms with Crippen molar-refractivity contribution in [2.75, 3.05) is 24.5 Å². The van der Waals surface area contributed by atoms with Crippen LogP contribution >= 0.6 is 0 Å². The number of benzene rings is 2. The summed E-state index contributed by atoms with van der Waals surface area (Å²) in [5.74, 6) is -0.385. The molecular formula is C25H26N6O3. The van der Waals surface area contributed by atoms with E-state index in [4.69, 9.17) is 4.52 Å². The van der Waals surface area contributed by atoms with Crippen LogP contribution in [0.1, 0.15) is 29.9 Å². The van der Waals surface area contributed by atoms with Gasteiger partial charge in [-0.3, -0.25) is 9.59 Å². The van der Waals surface area contributed by atoms with E-state index in [-0.39, 0.29) is 23.8 Å². The van der Waals surface area contributed by atoms with E-state index in [1.807, 2.05) is 48.5 Å². The molecule has 0 saturated heterocycles. The predicted molar refractivity (Wildman–Crippen MR) is 129 cm³/mol. The van der Waals surface area contributed by atoms with Gasteiger partial charge in [-0.25, -0.2) is 4.68 Å². The number of nitrogens with one attached hydrogen (secondary N) is 1. The van der Waals surface area contributed by atoms with Gasteiger partial charge in [0.1, 0.15) is 6.54 Å². The van der Waals surface area contributed by atoms with E-state index in [9.17, 15) is 9.59 Å². The molecule has 0 spiro atoms. The number of hydrogen-bond donors (Lipinski definition) is 1. The number of rotatable bonds is 10. The Kier molecular flexibility index (Phi) is 7.44. The second-order valence-corrected chi connectivity index (χ2v) is 7.62. The summed E-state index contributed by atoms with van der Waals surface area (Å²) in [4.78, 5) is 31.0. The van der Waals surface area contributed by atoms with Gasteiger partial charge in [-0.15, -0.1) is 0 Å². The van der Waals surface area contributed by atoms with Gasteiger partial charge >= 0.3 is 11.8 Å². The number of nitrogens with zero attached hydrogens (tertiary/aromatic N) is 5.